The van der Waals surface area contributed by atoms with Crippen LogP contribution in [0.15, 0.2) is 58.8 Å². The Bertz CT molecular complexity index is 1020. The first-order valence-corrected chi connectivity index (χ1v) is 10.3. The second kappa shape index (κ2) is 9.93. The zero-order valence-corrected chi connectivity index (χ0v) is 17.7. The molecule has 0 saturated carbocycles. The molecule has 0 fully saturated rings. The van der Waals surface area contributed by atoms with Crippen LogP contribution in [0.3, 0.4) is 0 Å². The molecule has 2 heterocycles. The lowest BCUT2D eigenvalue weighted by molar-refractivity contribution is -0.113. The fourth-order valence-electron chi connectivity index (χ4n) is 2.90. The summed E-state index contributed by atoms with van der Waals surface area (Å²) in [5, 5.41) is 14.5. The van der Waals surface area contributed by atoms with Crippen molar-refractivity contribution in [1.29, 1.82) is 0 Å². The van der Waals surface area contributed by atoms with Crippen LogP contribution >= 0.6 is 11.8 Å². The molecule has 30 heavy (non-hydrogen) atoms. The first-order chi connectivity index (χ1) is 14.5. The molecule has 1 aromatic carbocycles. The second-order valence-electron chi connectivity index (χ2n) is 6.67. The van der Waals surface area contributed by atoms with E-state index < -0.39 is 0 Å². The number of carbonyl (C=O) groups is 2. The lowest BCUT2D eigenvalue weighted by Crippen LogP contribution is -2.24. The Morgan fingerprint density at radius 1 is 1.23 bits per heavy atom. The average molecular weight is 426 g/mol. The maximum atomic E-state index is 12.4. The van der Waals surface area contributed by atoms with Gasteiger partial charge in [0.25, 0.3) is 5.91 Å². The smallest absolute Gasteiger partial charge is 0.287 e. The second-order valence-corrected chi connectivity index (χ2v) is 7.61. The third kappa shape index (κ3) is 5.60. The summed E-state index contributed by atoms with van der Waals surface area (Å²) in [4.78, 5) is 24.4. The van der Waals surface area contributed by atoms with E-state index in [9.17, 15) is 9.59 Å². The molecule has 2 aromatic heterocycles. The van der Waals surface area contributed by atoms with Gasteiger partial charge in [-0.25, -0.2) is 0 Å². The summed E-state index contributed by atoms with van der Waals surface area (Å²) in [6, 6.07) is 9.13. The molecule has 0 aliphatic carbocycles. The van der Waals surface area contributed by atoms with Crippen LogP contribution in [0.2, 0.25) is 0 Å². The summed E-state index contributed by atoms with van der Waals surface area (Å²) in [7, 11) is 0. The molecule has 0 unspecified atom stereocenters. The van der Waals surface area contributed by atoms with Crippen LogP contribution in [-0.4, -0.2) is 32.3 Å². The van der Waals surface area contributed by atoms with Gasteiger partial charge in [0.15, 0.2) is 16.7 Å². The van der Waals surface area contributed by atoms with Gasteiger partial charge in [-0.2, -0.15) is 0 Å². The van der Waals surface area contributed by atoms with Crippen molar-refractivity contribution < 1.29 is 14.0 Å². The minimum Gasteiger partial charge on any atom is -0.459 e. The SMILES string of the molecule is C=CCn1c(CNC(=O)c2ccco2)nnc1SCC(=O)Nc1cc(C)cc(C)c1. The highest BCUT2D eigenvalue weighted by Gasteiger charge is 2.15. The topological polar surface area (TPSA) is 102 Å². The molecule has 0 saturated heterocycles. The van der Waals surface area contributed by atoms with Gasteiger partial charge in [-0.15, -0.1) is 16.8 Å². The summed E-state index contributed by atoms with van der Waals surface area (Å²) >= 11 is 1.27. The number of carbonyl (C=O) groups excluding carboxylic acids is 2. The first kappa shape index (κ1) is 21.4. The molecule has 9 heteroatoms. The van der Waals surface area contributed by atoms with Gasteiger partial charge in [0, 0.05) is 12.2 Å². The Kier molecular flexibility index (Phi) is 7.08. The quantitative estimate of drug-likeness (QED) is 0.403. The molecule has 3 aromatic rings. The molecule has 8 nitrogen and oxygen atoms in total. The van der Waals surface area contributed by atoms with Crippen LogP contribution in [0, 0.1) is 13.8 Å². The zero-order valence-electron chi connectivity index (χ0n) is 16.8. The van der Waals surface area contributed by atoms with E-state index in [1.54, 1.807) is 18.2 Å². The molecular weight excluding hydrogens is 402 g/mol. The number of aryl methyl sites for hydroxylation is 2. The Balaban J connectivity index is 1.60. The molecule has 2 N–H and O–H groups in total. The number of hydrogen-bond donors (Lipinski definition) is 2. The molecular formula is C21H23N5O3S. The lowest BCUT2D eigenvalue weighted by Gasteiger charge is -2.09. The number of amides is 2. The first-order valence-electron chi connectivity index (χ1n) is 9.32. The maximum Gasteiger partial charge on any atom is 0.287 e. The van der Waals surface area contributed by atoms with E-state index in [0.29, 0.717) is 17.5 Å². The normalized spacial score (nSPS) is 10.6. The summed E-state index contributed by atoms with van der Waals surface area (Å²) in [5.74, 6) is 0.497. The number of aromatic nitrogens is 3. The van der Waals surface area contributed by atoms with Crippen molar-refractivity contribution in [1.82, 2.24) is 20.1 Å². The fourth-order valence-corrected chi connectivity index (χ4v) is 3.66. The number of thioether (sulfide) groups is 1. The highest BCUT2D eigenvalue weighted by atomic mass is 32.2. The highest BCUT2D eigenvalue weighted by molar-refractivity contribution is 7.99. The van der Waals surface area contributed by atoms with Crippen molar-refractivity contribution in [2.24, 2.45) is 0 Å². The predicted molar refractivity (Wildman–Crippen MR) is 115 cm³/mol. The summed E-state index contributed by atoms with van der Waals surface area (Å²) < 4.78 is 6.89. The van der Waals surface area contributed by atoms with Gasteiger partial charge in [-0.05, 0) is 49.2 Å². The number of furan rings is 1. The third-order valence-electron chi connectivity index (χ3n) is 4.09. The molecule has 0 radical (unpaired) electrons. The Morgan fingerprint density at radius 3 is 2.67 bits per heavy atom. The van der Waals surface area contributed by atoms with Crippen LogP contribution in [0.4, 0.5) is 5.69 Å². The van der Waals surface area contributed by atoms with Crippen LogP contribution in [0.1, 0.15) is 27.5 Å². The highest BCUT2D eigenvalue weighted by Crippen LogP contribution is 2.19. The van der Waals surface area contributed by atoms with Gasteiger partial charge >= 0.3 is 0 Å². The minimum atomic E-state index is -0.338. The van der Waals surface area contributed by atoms with E-state index in [2.05, 4.69) is 27.4 Å². The minimum absolute atomic E-state index is 0.133. The zero-order chi connectivity index (χ0) is 21.5. The average Bonchev–Trinajstić information content (AvgIpc) is 3.35. The van der Waals surface area contributed by atoms with Gasteiger partial charge < -0.3 is 19.6 Å². The summed E-state index contributed by atoms with van der Waals surface area (Å²) in [6.07, 6.45) is 3.15. The monoisotopic (exact) mass is 425 g/mol. The molecule has 0 bridgehead atoms. The van der Waals surface area contributed by atoms with Crippen LogP contribution in [0.25, 0.3) is 0 Å². The number of hydrogen-bond acceptors (Lipinski definition) is 6. The van der Waals surface area contributed by atoms with Gasteiger partial charge in [-0.3, -0.25) is 9.59 Å². The van der Waals surface area contributed by atoms with E-state index in [1.807, 2.05) is 36.6 Å². The molecule has 0 spiro atoms. The molecule has 156 valence electrons. The van der Waals surface area contributed by atoms with Crippen LogP contribution in [-0.2, 0) is 17.9 Å². The van der Waals surface area contributed by atoms with Gasteiger partial charge in [0.05, 0.1) is 18.6 Å². The third-order valence-corrected chi connectivity index (χ3v) is 5.06. The number of rotatable bonds is 9. The fraction of sp³-hybridized carbons (Fsp3) is 0.238. The van der Waals surface area contributed by atoms with E-state index in [4.69, 9.17) is 4.42 Å². The van der Waals surface area contributed by atoms with Crippen molar-refractivity contribution in [2.75, 3.05) is 11.1 Å². The van der Waals surface area contributed by atoms with Crippen molar-refractivity contribution in [2.45, 2.75) is 32.1 Å². The standard InChI is InChI=1S/C21H23N5O3S/c1-4-7-26-18(12-22-20(28)17-6-5-8-29-17)24-25-21(26)30-13-19(27)23-16-10-14(2)9-15(3)11-16/h4-6,8-11H,1,7,12-13H2,2-3H3,(H,22,28)(H,23,27). The van der Waals surface area contributed by atoms with Crippen LogP contribution in [0.5, 0.6) is 0 Å². The number of anilines is 1. The Labute approximate surface area is 178 Å². The molecule has 0 aliphatic heterocycles. The molecule has 2 amide bonds. The van der Waals surface area contributed by atoms with Crippen molar-refractivity contribution >= 4 is 29.3 Å². The van der Waals surface area contributed by atoms with Gasteiger partial charge in [-0.1, -0.05) is 23.9 Å². The van der Waals surface area contributed by atoms with Crippen molar-refractivity contribution in [3.63, 3.8) is 0 Å². The molecule has 3 rings (SSSR count). The maximum absolute atomic E-state index is 12.4. The van der Waals surface area contributed by atoms with Crippen molar-refractivity contribution in [3.8, 4) is 0 Å². The molecule has 0 atom stereocenters. The summed E-state index contributed by atoms with van der Waals surface area (Å²) in [6.45, 7) is 8.36. The largest absolute Gasteiger partial charge is 0.459 e. The Hall–Kier alpha value is -3.33. The summed E-state index contributed by atoms with van der Waals surface area (Å²) in [5.41, 5.74) is 2.95. The Morgan fingerprint density at radius 2 is 2.00 bits per heavy atom. The number of nitrogens with zero attached hydrogens (tertiary/aromatic N) is 3. The van der Waals surface area contributed by atoms with Crippen molar-refractivity contribution in [3.05, 3.63) is 72.0 Å². The van der Waals surface area contributed by atoms with E-state index >= 15 is 0 Å². The van der Waals surface area contributed by atoms with E-state index in [1.165, 1.54) is 18.0 Å². The van der Waals surface area contributed by atoms with Crippen LogP contribution < -0.4 is 10.6 Å². The van der Waals surface area contributed by atoms with E-state index in [-0.39, 0.29) is 29.9 Å². The number of allylic oxidation sites excluding steroid dienone is 1. The number of benzene rings is 1. The predicted octanol–water partition coefficient (Wildman–Crippen LogP) is 3.33. The van der Waals surface area contributed by atoms with Gasteiger partial charge in [0.1, 0.15) is 0 Å². The lowest BCUT2D eigenvalue weighted by atomic mass is 10.1. The number of nitrogens with one attached hydrogen (secondary N) is 2. The molecule has 0 aliphatic rings. The van der Waals surface area contributed by atoms with E-state index in [0.717, 1.165) is 16.8 Å². The van der Waals surface area contributed by atoms with Gasteiger partial charge in [0.2, 0.25) is 5.91 Å².